The first kappa shape index (κ1) is 9.62. The Morgan fingerprint density at radius 3 is 2.71 bits per heavy atom. The van der Waals surface area contributed by atoms with Crippen molar-refractivity contribution in [1.82, 2.24) is 10.4 Å². The number of hydrazine groups is 1. The van der Waals surface area contributed by atoms with Gasteiger partial charge in [0.1, 0.15) is 0 Å². The van der Waals surface area contributed by atoms with Crippen molar-refractivity contribution in [1.29, 1.82) is 0 Å². The van der Waals surface area contributed by atoms with Crippen LogP contribution in [0.4, 0.5) is 0 Å². The van der Waals surface area contributed by atoms with Crippen molar-refractivity contribution in [2.45, 2.75) is 32.2 Å². The molecule has 1 saturated carbocycles. The topological polar surface area (TPSA) is 50.9 Å². The minimum Gasteiger partial charge on any atom is -0.271 e. The zero-order chi connectivity index (χ0) is 9.97. The predicted octanol–water partition coefficient (Wildman–Crippen LogP) is 1.69. The monoisotopic (exact) mass is 191 g/mol. The highest BCUT2D eigenvalue weighted by Gasteiger charge is 2.28. The van der Waals surface area contributed by atoms with E-state index in [0.717, 1.165) is 5.69 Å². The quantitative estimate of drug-likeness (QED) is 0.564. The molecule has 3 nitrogen and oxygen atoms in total. The number of hydrogen-bond acceptors (Lipinski definition) is 3. The van der Waals surface area contributed by atoms with Crippen molar-refractivity contribution in [2.24, 2.45) is 11.8 Å². The van der Waals surface area contributed by atoms with Crippen LogP contribution in [0.15, 0.2) is 18.3 Å². The second-order valence-electron chi connectivity index (χ2n) is 4.10. The standard InChI is InChI=1S/C11H17N3/c1-8-5-6-10(13-7-8)11(14-12)9-3-2-4-9/h5-7,9,11,14H,2-4,12H2,1H3. The first-order valence-corrected chi connectivity index (χ1v) is 5.20. The van der Waals surface area contributed by atoms with Crippen molar-refractivity contribution >= 4 is 0 Å². The SMILES string of the molecule is Cc1ccc(C(NN)C2CCC2)nc1. The van der Waals surface area contributed by atoms with Gasteiger partial charge in [0.15, 0.2) is 0 Å². The molecule has 0 aromatic carbocycles. The zero-order valence-corrected chi connectivity index (χ0v) is 8.53. The van der Waals surface area contributed by atoms with E-state index < -0.39 is 0 Å². The summed E-state index contributed by atoms with van der Waals surface area (Å²) >= 11 is 0. The van der Waals surface area contributed by atoms with Crippen LogP contribution in [0.5, 0.6) is 0 Å². The smallest absolute Gasteiger partial charge is 0.0660 e. The maximum atomic E-state index is 5.56. The lowest BCUT2D eigenvalue weighted by Gasteiger charge is -2.32. The van der Waals surface area contributed by atoms with Crippen LogP contribution < -0.4 is 11.3 Å². The van der Waals surface area contributed by atoms with Crippen LogP contribution in [0.3, 0.4) is 0 Å². The minimum absolute atomic E-state index is 0.240. The Hall–Kier alpha value is -0.930. The van der Waals surface area contributed by atoms with Gasteiger partial charge >= 0.3 is 0 Å². The van der Waals surface area contributed by atoms with Gasteiger partial charge in [-0.2, -0.15) is 0 Å². The summed E-state index contributed by atoms with van der Waals surface area (Å²) in [6.07, 6.45) is 5.77. The number of nitrogens with one attached hydrogen (secondary N) is 1. The molecule has 3 heteroatoms. The number of nitrogens with two attached hydrogens (primary N) is 1. The second kappa shape index (κ2) is 4.07. The van der Waals surface area contributed by atoms with E-state index in [2.05, 4.69) is 22.5 Å². The van der Waals surface area contributed by atoms with E-state index >= 15 is 0 Å². The van der Waals surface area contributed by atoms with Gasteiger partial charge in [0.2, 0.25) is 0 Å². The summed E-state index contributed by atoms with van der Waals surface area (Å²) in [7, 11) is 0. The van der Waals surface area contributed by atoms with Gasteiger partial charge in [-0.1, -0.05) is 12.5 Å². The Labute approximate surface area is 84.7 Å². The molecular formula is C11H17N3. The van der Waals surface area contributed by atoms with E-state index in [1.807, 2.05) is 13.1 Å². The van der Waals surface area contributed by atoms with Crippen LogP contribution in [0.1, 0.15) is 36.6 Å². The largest absolute Gasteiger partial charge is 0.271 e. The molecule has 0 radical (unpaired) electrons. The van der Waals surface area contributed by atoms with Crippen LogP contribution >= 0.6 is 0 Å². The Kier molecular flexibility index (Phi) is 2.79. The number of hydrogen-bond donors (Lipinski definition) is 2. The van der Waals surface area contributed by atoms with Gasteiger partial charge < -0.3 is 0 Å². The van der Waals surface area contributed by atoms with Crippen molar-refractivity contribution in [3.63, 3.8) is 0 Å². The second-order valence-corrected chi connectivity index (χ2v) is 4.10. The predicted molar refractivity (Wildman–Crippen MR) is 56.4 cm³/mol. The number of pyridine rings is 1. The number of aromatic nitrogens is 1. The van der Waals surface area contributed by atoms with Crippen LogP contribution in [0.25, 0.3) is 0 Å². The van der Waals surface area contributed by atoms with Gasteiger partial charge in [-0.3, -0.25) is 16.3 Å². The molecule has 1 aromatic heterocycles. The van der Waals surface area contributed by atoms with Crippen molar-refractivity contribution in [2.75, 3.05) is 0 Å². The summed E-state index contributed by atoms with van der Waals surface area (Å²) in [5.41, 5.74) is 5.14. The van der Waals surface area contributed by atoms with Crippen LogP contribution in [-0.4, -0.2) is 4.98 Å². The van der Waals surface area contributed by atoms with E-state index in [9.17, 15) is 0 Å². The number of rotatable bonds is 3. The number of aryl methyl sites for hydroxylation is 1. The molecule has 0 aliphatic heterocycles. The molecular weight excluding hydrogens is 174 g/mol. The summed E-state index contributed by atoms with van der Waals surface area (Å²) in [6, 6.07) is 4.40. The molecule has 1 aromatic rings. The summed E-state index contributed by atoms with van der Waals surface area (Å²) in [5, 5.41) is 0. The summed E-state index contributed by atoms with van der Waals surface area (Å²) in [4.78, 5) is 4.41. The lowest BCUT2D eigenvalue weighted by Crippen LogP contribution is -2.36. The lowest BCUT2D eigenvalue weighted by atomic mass is 9.78. The molecule has 1 aliphatic rings. The fourth-order valence-corrected chi connectivity index (χ4v) is 1.90. The van der Waals surface area contributed by atoms with Crippen molar-refractivity contribution in [3.8, 4) is 0 Å². The molecule has 1 heterocycles. The fraction of sp³-hybridized carbons (Fsp3) is 0.545. The normalized spacial score (nSPS) is 19.0. The lowest BCUT2D eigenvalue weighted by molar-refractivity contribution is 0.228. The van der Waals surface area contributed by atoms with Gasteiger partial charge in [-0.15, -0.1) is 0 Å². The molecule has 0 bridgehead atoms. The number of nitrogens with zero attached hydrogens (tertiary/aromatic N) is 1. The first-order valence-electron chi connectivity index (χ1n) is 5.20. The minimum atomic E-state index is 0.240. The fourth-order valence-electron chi connectivity index (χ4n) is 1.90. The van der Waals surface area contributed by atoms with E-state index in [1.54, 1.807) is 0 Å². The summed E-state index contributed by atoms with van der Waals surface area (Å²) in [6.45, 7) is 2.05. The van der Waals surface area contributed by atoms with Gasteiger partial charge in [-0.05, 0) is 37.3 Å². The maximum Gasteiger partial charge on any atom is 0.0660 e. The molecule has 1 aliphatic carbocycles. The molecule has 0 spiro atoms. The van der Waals surface area contributed by atoms with E-state index in [1.165, 1.54) is 24.8 Å². The van der Waals surface area contributed by atoms with Crippen LogP contribution in [0, 0.1) is 12.8 Å². The average Bonchev–Trinajstić information content (AvgIpc) is 2.13. The molecule has 0 amide bonds. The molecule has 3 N–H and O–H groups in total. The Morgan fingerprint density at radius 2 is 2.29 bits per heavy atom. The van der Waals surface area contributed by atoms with Crippen LogP contribution in [0.2, 0.25) is 0 Å². The Balaban J connectivity index is 2.14. The maximum absolute atomic E-state index is 5.56. The Morgan fingerprint density at radius 1 is 1.50 bits per heavy atom. The van der Waals surface area contributed by atoms with E-state index in [4.69, 9.17) is 5.84 Å². The average molecular weight is 191 g/mol. The zero-order valence-electron chi connectivity index (χ0n) is 8.53. The van der Waals surface area contributed by atoms with E-state index in [-0.39, 0.29) is 6.04 Å². The molecule has 0 saturated heterocycles. The van der Waals surface area contributed by atoms with Gasteiger partial charge in [0, 0.05) is 6.20 Å². The van der Waals surface area contributed by atoms with Crippen molar-refractivity contribution < 1.29 is 0 Å². The third kappa shape index (κ3) is 1.79. The molecule has 1 fully saturated rings. The first-order chi connectivity index (χ1) is 6.81. The third-order valence-corrected chi connectivity index (χ3v) is 3.05. The highest BCUT2D eigenvalue weighted by molar-refractivity contribution is 5.16. The molecule has 2 rings (SSSR count). The molecule has 1 atom stereocenters. The highest BCUT2D eigenvalue weighted by atomic mass is 15.2. The molecule has 76 valence electrons. The van der Waals surface area contributed by atoms with Gasteiger partial charge in [0.25, 0.3) is 0 Å². The summed E-state index contributed by atoms with van der Waals surface area (Å²) in [5.74, 6) is 6.24. The molecule has 1 unspecified atom stereocenters. The Bertz CT molecular complexity index is 290. The van der Waals surface area contributed by atoms with Crippen LogP contribution in [-0.2, 0) is 0 Å². The van der Waals surface area contributed by atoms with E-state index in [0.29, 0.717) is 5.92 Å². The molecule has 14 heavy (non-hydrogen) atoms. The highest BCUT2D eigenvalue weighted by Crippen LogP contribution is 2.36. The van der Waals surface area contributed by atoms with Gasteiger partial charge in [0.05, 0.1) is 11.7 Å². The van der Waals surface area contributed by atoms with Gasteiger partial charge in [-0.25, -0.2) is 0 Å². The van der Waals surface area contributed by atoms with Crippen molar-refractivity contribution in [3.05, 3.63) is 29.6 Å². The third-order valence-electron chi connectivity index (χ3n) is 3.05. The summed E-state index contributed by atoms with van der Waals surface area (Å²) < 4.78 is 0.